The summed E-state index contributed by atoms with van der Waals surface area (Å²) in [4.78, 5) is 0. The maximum Gasteiger partial charge on any atom is -0.000465 e. The van der Waals surface area contributed by atoms with Crippen LogP contribution in [0.2, 0.25) is 0 Å². The minimum atomic E-state index is 0.602. The summed E-state index contributed by atoms with van der Waals surface area (Å²) in [5, 5.41) is 0. The Balaban J connectivity index is 2.16. The van der Waals surface area contributed by atoms with E-state index in [4.69, 9.17) is 0 Å². The summed E-state index contributed by atoms with van der Waals surface area (Å²) in [6.45, 7) is 7.91. The SMILES string of the molecule is C=CC1CC(C=C)C2(CCSC2)C1. The highest BCUT2D eigenvalue weighted by Crippen LogP contribution is 2.55. The standard InChI is InChI=1S/C12H18S/c1-3-10-7-11(4-2)12(8-10)5-6-13-9-12/h3-4,10-11H,1-2,5-9H2. The highest BCUT2D eigenvalue weighted by Gasteiger charge is 2.46. The van der Waals surface area contributed by atoms with E-state index in [0.717, 1.165) is 11.8 Å². The average molecular weight is 194 g/mol. The van der Waals surface area contributed by atoms with Crippen molar-refractivity contribution in [2.45, 2.75) is 19.3 Å². The van der Waals surface area contributed by atoms with Crippen molar-refractivity contribution in [3.05, 3.63) is 25.3 Å². The van der Waals surface area contributed by atoms with Gasteiger partial charge < -0.3 is 0 Å². The zero-order chi connectivity index (χ0) is 9.31. The molecule has 0 N–H and O–H groups in total. The molecule has 0 radical (unpaired) electrons. The van der Waals surface area contributed by atoms with Gasteiger partial charge in [-0.15, -0.1) is 13.2 Å². The lowest BCUT2D eigenvalue weighted by Crippen LogP contribution is -2.23. The number of rotatable bonds is 2. The summed E-state index contributed by atoms with van der Waals surface area (Å²) in [6.07, 6.45) is 8.40. The molecule has 0 aromatic rings. The van der Waals surface area contributed by atoms with E-state index < -0.39 is 0 Å². The number of thioether (sulfide) groups is 1. The maximum absolute atomic E-state index is 3.99. The van der Waals surface area contributed by atoms with E-state index in [1.54, 1.807) is 0 Å². The van der Waals surface area contributed by atoms with Crippen molar-refractivity contribution in [1.82, 2.24) is 0 Å². The van der Waals surface area contributed by atoms with Crippen LogP contribution >= 0.6 is 11.8 Å². The molecule has 0 bridgehead atoms. The van der Waals surface area contributed by atoms with Crippen LogP contribution in [0.5, 0.6) is 0 Å². The smallest absolute Gasteiger partial charge is 0.000465 e. The van der Waals surface area contributed by atoms with E-state index >= 15 is 0 Å². The molecule has 1 saturated heterocycles. The molecule has 1 saturated carbocycles. The summed E-state index contributed by atoms with van der Waals surface area (Å²) in [6, 6.07) is 0. The van der Waals surface area contributed by atoms with Gasteiger partial charge in [-0.3, -0.25) is 0 Å². The van der Waals surface area contributed by atoms with Crippen molar-refractivity contribution in [2.75, 3.05) is 11.5 Å². The monoisotopic (exact) mass is 194 g/mol. The van der Waals surface area contributed by atoms with Crippen LogP contribution in [0.25, 0.3) is 0 Å². The topological polar surface area (TPSA) is 0 Å². The quantitative estimate of drug-likeness (QED) is 0.606. The van der Waals surface area contributed by atoms with E-state index in [1.165, 1.54) is 30.8 Å². The Labute approximate surface area is 85.5 Å². The summed E-state index contributed by atoms with van der Waals surface area (Å²) >= 11 is 2.12. The van der Waals surface area contributed by atoms with E-state index in [-0.39, 0.29) is 0 Å². The molecule has 1 aliphatic carbocycles. The van der Waals surface area contributed by atoms with Gasteiger partial charge in [-0.2, -0.15) is 11.8 Å². The summed E-state index contributed by atoms with van der Waals surface area (Å²) in [5.74, 6) is 4.22. The van der Waals surface area contributed by atoms with Gasteiger partial charge in [0, 0.05) is 0 Å². The molecular formula is C12H18S. The molecule has 0 aromatic heterocycles. The molecule has 1 spiro atoms. The molecule has 1 aliphatic heterocycles. The molecular weight excluding hydrogens is 176 g/mol. The Morgan fingerprint density at radius 2 is 2.15 bits per heavy atom. The number of allylic oxidation sites excluding steroid dienone is 2. The molecule has 3 unspecified atom stereocenters. The summed E-state index contributed by atoms with van der Waals surface area (Å²) < 4.78 is 0. The summed E-state index contributed by atoms with van der Waals surface area (Å²) in [5.41, 5.74) is 0.602. The van der Waals surface area contributed by atoms with E-state index in [0.29, 0.717) is 5.41 Å². The van der Waals surface area contributed by atoms with Gasteiger partial charge in [-0.25, -0.2) is 0 Å². The van der Waals surface area contributed by atoms with E-state index in [9.17, 15) is 0 Å². The third-order valence-corrected chi connectivity index (χ3v) is 5.04. The van der Waals surface area contributed by atoms with Gasteiger partial charge >= 0.3 is 0 Å². The molecule has 13 heavy (non-hydrogen) atoms. The maximum atomic E-state index is 3.99. The van der Waals surface area contributed by atoms with Crippen LogP contribution in [0.4, 0.5) is 0 Å². The van der Waals surface area contributed by atoms with Crippen molar-refractivity contribution in [3.8, 4) is 0 Å². The van der Waals surface area contributed by atoms with Gasteiger partial charge in [0.1, 0.15) is 0 Å². The van der Waals surface area contributed by atoms with Gasteiger partial charge in [0.2, 0.25) is 0 Å². The van der Waals surface area contributed by atoms with Gasteiger partial charge in [-0.05, 0) is 48.0 Å². The van der Waals surface area contributed by atoms with Gasteiger partial charge in [0.05, 0.1) is 0 Å². The minimum Gasteiger partial charge on any atom is -0.161 e. The minimum absolute atomic E-state index is 0.602. The van der Waals surface area contributed by atoms with Crippen LogP contribution in [0, 0.1) is 17.3 Å². The molecule has 2 aliphatic rings. The second-order valence-corrected chi connectivity index (χ2v) is 5.55. The molecule has 1 heteroatoms. The fourth-order valence-corrected chi connectivity index (χ4v) is 4.51. The first kappa shape index (κ1) is 9.39. The van der Waals surface area contributed by atoms with Crippen LogP contribution in [0.1, 0.15) is 19.3 Å². The van der Waals surface area contributed by atoms with Crippen molar-refractivity contribution < 1.29 is 0 Å². The van der Waals surface area contributed by atoms with Gasteiger partial charge in [-0.1, -0.05) is 12.2 Å². The molecule has 72 valence electrons. The van der Waals surface area contributed by atoms with Crippen molar-refractivity contribution in [3.63, 3.8) is 0 Å². The zero-order valence-electron chi connectivity index (χ0n) is 8.17. The largest absolute Gasteiger partial charge is 0.161 e. The molecule has 3 atom stereocenters. The third-order valence-electron chi connectivity index (χ3n) is 3.76. The fraction of sp³-hybridized carbons (Fsp3) is 0.667. The lowest BCUT2D eigenvalue weighted by Gasteiger charge is -2.27. The van der Waals surface area contributed by atoms with Crippen LogP contribution in [-0.2, 0) is 0 Å². The lowest BCUT2D eigenvalue weighted by molar-refractivity contribution is 0.281. The third kappa shape index (κ3) is 1.48. The molecule has 0 amide bonds. The van der Waals surface area contributed by atoms with Crippen molar-refractivity contribution in [2.24, 2.45) is 17.3 Å². The van der Waals surface area contributed by atoms with E-state index in [1.807, 2.05) is 0 Å². The second kappa shape index (κ2) is 3.53. The first-order chi connectivity index (χ1) is 6.30. The zero-order valence-corrected chi connectivity index (χ0v) is 8.98. The predicted molar refractivity (Wildman–Crippen MR) is 61.0 cm³/mol. The van der Waals surface area contributed by atoms with Gasteiger partial charge in [0.25, 0.3) is 0 Å². The average Bonchev–Trinajstić information content (AvgIpc) is 2.74. The first-order valence-electron chi connectivity index (χ1n) is 5.13. The Kier molecular flexibility index (Phi) is 2.55. The number of hydrogen-bond acceptors (Lipinski definition) is 1. The Hall–Kier alpha value is -0.170. The molecule has 2 fully saturated rings. The van der Waals surface area contributed by atoms with Crippen LogP contribution in [0.15, 0.2) is 25.3 Å². The van der Waals surface area contributed by atoms with Crippen LogP contribution < -0.4 is 0 Å². The highest BCUT2D eigenvalue weighted by atomic mass is 32.2. The number of hydrogen-bond donors (Lipinski definition) is 0. The first-order valence-corrected chi connectivity index (χ1v) is 6.29. The van der Waals surface area contributed by atoms with Crippen LogP contribution in [0.3, 0.4) is 0 Å². The molecule has 1 heterocycles. The molecule has 2 rings (SSSR count). The lowest BCUT2D eigenvalue weighted by atomic mass is 9.77. The highest BCUT2D eigenvalue weighted by molar-refractivity contribution is 7.99. The Bertz CT molecular complexity index is 213. The summed E-state index contributed by atoms with van der Waals surface area (Å²) in [7, 11) is 0. The Morgan fingerprint density at radius 3 is 2.69 bits per heavy atom. The normalized spacial score (nSPS) is 44.0. The van der Waals surface area contributed by atoms with Crippen molar-refractivity contribution in [1.29, 1.82) is 0 Å². The van der Waals surface area contributed by atoms with E-state index in [2.05, 4.69) is 37.1 Å². The van der Waals surface area contributed by atoms with Crippen LogP contribution in [-0.4, -0.2) is 11.5 Å². The predicted octanol–water partition coefficient (Wildman–Crippen LogP) is 3.51. The second-order valence-electron chi connectivity index (χ2n) is 4.44. The molecule has 0 nitrogen and oxygen atoms in total. The van der Waals surface area contributed by atoms with Crippen molar-refractivity contribution >= 4 is 11.8 Å². The Morgan fingerprint density at radius 1 is 1.31 bits per heavy atom. The molecule has 0 aromatic carbocycles. The van der Waals surface area contributed by atoms with Gasteiger partial charge in [0.15, 0.2) is 0 Å². The fourth-order valence-electron chi connectivity index (χ4n) is 2.94.